The van der Waals surface area contributed by atoms with Crippen LogP contribution in [-0.2, 0) is 0 Å². The molecule has 2 heterocycles. The standard InChI is InChI=1S/C14H12ClFN4S/c1-7-5-9-12(19-14(17-2)20-13(9)21-7)18-11-6-8(15)3-4-10(11)16/h3-6H,1-2H3,(H2,17,18,19,20). The number of nitrogens with zero attached hydrogens (tertiary/aromatic N) is 2. The van der Waals surface area contributed by atoms with Crippen LogP contribution in [0.2, 0.25) is 5.02 Å². The van der Waals surface area contributed by atoms with Crippen LogP contribution in [-0.4, -0.2) is 17.0 Å². The summed E-state index contributed by atoms with van der Waals surface area (Å²) in [6, 6.07) is 6.33. The molecule has 0 radical (unpaired) electrons. The van der Waals surface area contributed by atoms with E-state index < -0.39 is 0 Å². The Kier molecular flexibility index (Phi) is 3.65. The Bertz CT molecular complexity index is 818. The first kappa shape index (κ1) is 14.0. The van der Waals surface area contributed by atoms with Crippen LogP contribution in [0.3, 0.4) is 0 Å². The Morgan fingerprint density at radius 1 is 1.24 bits per heavy atom. The number of thiophene rings is 1. The highest BCUT2D eigenvalue weighted by molar-refractivity contribution is 7.18. The van der Waals surface area contributed by atoms with Crippen LogP contribution in [0.4, 0.5) is 21.8 Å². The highest BCUT2D eigenvalue weighted by atomic mass is 35.5. The molecule has 0 spiro atoms. The molecule has 0 aliphatic rings. The fourth-order valence-corrected chi connectivity index (χ4v) is 3.02. The van der Waals surface area contributed by atoms with E-state index in [0.717, 1.165) is 15.1 Å². The van der Waals surface area contributed by atoms with Crippen LogP contribution >= 0.6 is 22.9 Å². The van der Waals surface area contributed by atoms with Crippen LogP contribution in [0.25, 0.3) is 10.2 Å². The normalized spacial score (nSPS) is 10.9. The molecule has 0 aliphatic carbocycles. The zero-order chi connectivity index (χ0) is 15.0. The van der Waals surface area contributed by atoms with Crippen molar-refractivity contribution < 1.29 is 4.39 Å². The monoisotopic (exact) mass is 322 g/mol. The zero-order valence-electron chi connectivity index (χ0n) is 11.4. The van der Waals surface area contributed by atoms with Gasteiger partial charge in [0, 0.05) is 16.9 Å². The van der Waals surface area contributed by atoms with Gasteiger partial charge in [-0.1, -0.05) is 11.6 Å². The predicted molar refractivity (Wildman–Crippen MR) is 86.4 cm³/mol. The van der Waals surface area contributed by atoms with Crippen LogP contribution in [0.15, 0.2) is 24.3 Å². The Morgan fingerprint density at radius 2 is 2.05 bits per heavy atom. The lowest BCUT2D eigenvalue weighted by molar-refractivity contribution is 0.632. The Balaban J connectivity index is 2.12. The number of benzene rings is 1. The van der Waals surface area contributed by atoms with Crippen molar-refractivity contribution in [2.45, 2.75) is 6.92 Å². The molecule has 4 nitrogen and oxygen atoms in total. The minimum Gasteiger partial charge on any atom is -0.357 e. The summed E-state index contributed by atoms with van der Waals surface area (Å²) < 4.78 is 13.9. The summed E-state index contributed by atoms with van der Waals surface area (Å²) in [7, 11) is 1.74. The average molecular weight is 323 g/mol. The van der Waals surface area contributed by atoms with Gasteiger partial charge in [0.2, 0.25) is 5.95 Å². The molecule has 0 saturated heterocycles. The molecule has 0 bridgehead atoms. The summed E-state index contributed by atoms with van der Waals surface area (Å²) in [5.41, 5.74) is 0.286. The Labute approximate surface area is 130 Å². The molecule has 3 rings (SSSR count). The maximum Gasteiger partial charge on any atom is 0.225 e. The lowest BCUT2D eigenvalue weighted by Gasteiger charge is -2.09. The van der Waals surface area contributed by atoms with Crippen molar-refractivity contribution >= 4 is 50.6 Å². The second-order valence-corrected chi connectivity index (χ2v) is 6.14. The van der Waals surface area contributed by atoms with E-state index in [0.29, 0.717) is 16.8 Å². The SMILES string of the molecule is CNc1nc(Nc2cc(Cl)ccc2F)c2cc(C)sc2n1. The van der Waals surface area contributed by atoms with Gasteiger partial charge in [0.1, 0.15) is 16.5 Å². The number of fused-ring (bicyclic) bond motifs is 1. The molecule has 21 heavy (non-hydrogen) atoms. The average Bonchev–Trinajstić information content (AvgIpc) is 2.83. The summed E-state index contributed by atoms with van der Waals surface area (Å²) in [4.78, 5) is 10.7. The maximum atomic E-state index is 13.9. The van der Waals surface area contributed by atoms with Gasteiger partial charge in [-0.2, -0.15) is 4.98 Å². The first-order valence-electron chi connectivity index (χ1n) is 6.25. The van der Waals surface area contributed by atoms with Gasteiger partial charge in [-0.3, -0.25) is 0 Å². The third-order valence-electron chi connectivity index (χ3n) is 2.92. The van der Waals surface area contributed by atoms with Gasteiger partial charge < -0.3 is 10.6 Å². The van der Waals surface area contributed by atoms with Crippen molar-refractivity contribution in [1.82, 2.24) is 9.97 Å². The third kappa shape index (κ3) is 2.77. The molecule has 7 heteroatoms. The Hall–Kier alpha value is -1.92. The third-order valence-corrected chi connectivity index (χ3v) is 4.10. The van der Waals surface area contributed by atoms with Crippen molar-refractivity contribution in [1.29, 1.82) is 0 Å². The first-order valence-corrected chi connectivity index (χ1v) is 7.44. The van der Waals surface area contributed by atoms with Crippen molar-refractivity contribution in [3.8, 4) is 0 Å². The summed E-state index contributed by atoms with van der Waals surface area (Å²) in [5, 5.41) is 7.22. The molecular formula is C14H12ClFN4S. The number of halogens is 2. The van der Waals surface area contributed by atoms with E-state index in [1.165, 1.54) is 18.2 Å². The summed E-state index contributed by atoms with van der Waals surface area (Å²) >= 11 is 7.48. The zero-order valence-corrected chi connectivity index (χ0v) is 12.9. The van der Waals surface area contributed by atoms with Gasteiger partial charge in [0.25, 0.3) is 0 Å². The molecule has 0 atom stereocenters. The van der Waals surface area contributed by atoms with E-state index >= 15 is 0 Å². The van der Waals surface area contributed by atoms with E-state index in [1.807, 2.05) is 13.0 Å². The highest BCUT2D eigenvalue weighted by Crippen LogP contribution is 2.32. The largest absolute Gasteiger partial charge is 0.357 e. The first-order chi connectivity index (χ1) is 10.1. The highest BCUT2D eigenvalue weighted by Gasteiger charge is 2.12. The van der Waals surface area contributed by atoms with E-state index in [1.54, 1.807) is 18.4 Å². The molecule has 2 aromatic heterocycles. The summed E-state index contributed by atoms with van der Waals surface area (Å²) in [6.45, 7) is 2.00. The summed E-state index contributed by atoms with van der Waals surface area (Å²) in [5.74, 6) is 0.647. The number of rotatable bonds is 3. The molecular weight excluding hydrogens is 311 g/mol. The van der Waals surface area contributed by atoms with E-state index in [4.69, 9.17) is 11.6 Å². The van der Waals surface area contributed by atoms with Gasteiger partial charge >= 0.3 is 0 Å². The molecule has 0 aliphatic heterocycles. The van der Waals surface area contributed by atoms with E-state index in [-0.39, 0.29) is 11.5 Å². The van der Waals surface area contributed by atoms with Gasteiger partial charge in [-0.15, -0.1) is 11.3 Å². The van der Waals surface area contributed by atoms with Crippen LogP contribution in [0, 0.1) is 12.7 Å². The summed E-state index contributed by atoms with van der Waals surface area (Å²) in [6.07, 6.45) is 0. The second kappa shape index (κ2) is 5.46. The minimum absolute atomic E-state index is 0.286. The van der Waals surface area contributed by atoms with Gasteiger partial charge in [0.05, 0.1) is 11.1 Å². The van der Waals surface area contributed by atoms with Crippen LogP contribution in [0.1, 0.15) is 4.88 Å². The lowest BCUT2D eigenvalue weighted by Crippen LogP contribution is -2.01. The number of anilines is 3. The van der Waals surface area contributed by atoms with E-state index in [2.05, 4.69) is 20.6 Å². The Morgan fingerprint density at radius 3 is 2.81 bits per heavy atom. The fourth-order valence-electron chi connectivity index (χ4n) is 1.97. The number of aryl methyl sites for hydroxylation is 1. The smallest absolute Gasteiger partial charge is 0.225 e. The van der Waals surface area contributed by atoms with Crippen molar-refractivity contribution in [3.05, 3.63) is 40.0 Å². The molecule has 108 valence electrons. The van der Waals surface area contributed by atoms with Gasteiger partial charge in [-0.05, 0) is 31.2 Å². The number of hydrogen-bond acceptors (Lipinski definition) is 5. The molecule has 0 fully saturated rings. The molecule has 0 amide bonds. The topological polar surface area (TPSA) is 49.8 Å². The second-order valence-electron chi connectivity index (χ2n) is 4.47. The van der Waals surface area contributed by atoms with Crippen molar-refractivity contribution in [2.24, 2.45) is 0 Å². The lowest BCUT2D eigenvalue weighted by atomic mass is 10.3. The molecule has 0 unspecified atom stereocenters. The maximum absolute atomic E-state index is 13.9. The predicted octanol–water partition coefficient (Wildman–Crippen LogP) is 4.58. The number of hydrogen-bond donors (Lipinski definition) is 2. The molecule has 3 aromatic rings. The van der Waals surface area contributed by atoms with Crippen molar-refractivity contribution in [3.63, 3.8) is 0 Å². The number of aromatic nitrogens is 2. The molecule has 1 aromatic carbocycles. The van der Waals surface area contributed by atoms with Crippen LogP contribution in [0.5, 0.6) is 0 Å². The van der Waals surface area contributed by atoms with Gasteiger partial charge in [-0.25, -0.2) is 9.37 Å². The van der Waals surface area contributed by atoms with Crippen LogP contribution < -0.4 is 10.6 Å². The van der Waals surface area contributed by atoms with E-state index in [9.17, 15) is 4.39 Å². The number of nitrogens with one attached hydrogen (secondary N) is 2. The van der Waals surface area contributed by atoms with Gasteiger partial charge in [0.15, 0.2) is 0 Å². The molecule has 2 N–H and O–H groups in total. The fraction of sp³-hybridized carbons (Fsp3) is 0.143. The minimum atomic E-state index is -0.385. The van der Waals surface area contributed by atoms with Crippen molar-refractivity contribution in [2.75, 3.05) is 17.7 Å². The quantitative estimate of drug-likeness (QED) is 0.741. The molecule has 0 saturated carbocycles.